The van der Waals surface area contributed by atoms with Crippen molar-refractivity contribution < 1.29 is 28.2 Å². The second kappa shape index (κ2) is 16.1. The van der Waals surface area contributed by atoms with Gasteiger partial charge < -0.3 is 4.40 Å². The van der Waals surface area contributed by atoms with Crippen molar-refractivity contribution >= 4 is 70.9 Å². The summed E-state index contributed by atoms with van der Waals surface area (Å²) in [6.07, 6.45) is 1.80. The Balaban J connectivity index is 0.966. The number of rotatable bonds is 7. The van der Waals surface area contributed by atoms with E-state index in [2.05, 4.69) is 216 Å². The second-order valence-electron chi connectivity index (χ2n) is 19.5. The molecule has 0 saturated carbocycles. The van der Waals surface area contributed by atoms with Crippen molar-refractivity contribution in [3.63, 3.8) is 0 Å². The summed E-state index contributed by atoms with van der Waals surface area (Å²) in [5, 5.41) is 6.81. The van der Waals surface area contributed by atoms with Crippen molar-refractivity contribution in [1.82, 2.24) is 23.1 Å². The topological polar surface area (TPSA) is 41.3 Å². The number of pyridine rings is 1. The fourth-order valence-corrected chi connectivity index (χ4v) is 12.0. The SMILES string of the molecule is [2H]C([2H])([2H])c1ccc(-n2[c](=[Pt])n(-c3c(-c4ccccc4)cc(C(C)(C)C)cc3-c3ccccc3)c3ccccc32)[c-]c1Oc1[c-]c2c(cc1)c1cc3c4cccc5c6ccccc6n(c3cc1n2-c1ccccn1)c54. The maximum atomic E-state index is 8.76. The smallest absolute Gasteiger partial charge is 0.0570 e. The zero-order chi connectivity index (χ0) is 50.9. The van der Waals surface area contributed by atoms with Crippen molar-refractivity contribution in [2.24, 2.45) is 0 Å². The summed E-state index contributed by atoms with van der Waals surface area (Å²) >= 11 is 2.41. The summed E-state index contributed by atoms with van der Waals surface area (Å²) in [4.78, 5) is 4.86. The van der Waals surface area contributed by atoms with Crippen LogP contribution in [0.3, 0.4) is 0 Å². The molecule has 72 heavy (non-hydrogen) atoms. The number of benzene rings is 9. The molecule has 0 aliphatic rings. The van der Waals surface area contributed by atoms with E-state index < -0.39 is 6.85 Å². The third kappa shape index (κ3) is 6.45. The molecule has 0 radical (unpaired) electrons. The van der Waals surface area contributed by atoms with Crippen LogP contribution in [0.5, 0.6) is 11.5 Å². The Kier molecular flexibility index (Phi) is 8.82. The van der Waals surface area contributed by atoms with Crippen molar-refractivity contribution in [2.45, 2.75) is 33.0 Å². The maximum absolute atomic E-state index is 8.76. The van der Waals surface area contributed by atoms with Crippen LogP contribution in [0.25, 0.3) is 110 Å². The molecule has 0 fully saturated rings. The molecule has 0 aliphatic carbocycles. The summed E-state index contributed by atoms with van der Waals surface area (Å²) in [6.45, 7) is 4.26. The van der Waals surface area contributed by atoms with Crippen LogP contribution in [0.15, 0.2) is 200 Å². The van der Waals surface area contributed by atoms with Gasteiger partial charge in [0.2, 0.25) is 0 Å². The first-order chi connectivity index (χ1) is 36.4. The van der Waals surface area contributed by atoms with Gasteiger partial charge in [-0.05, 0) is 12.1 Å². The second-order valence-corrected chi connectivity index (χ2v) is 20.6. The zero-order valence-corrected chi connectivity index (χ0v) is 41.8. The summed E-state index contributed by atoms with van der Waals surface area (Å²) in [7, 11) is 0. The molecule has 6 nitrogen and oxygen atoms in total. The first kappa shape index (κ1) is 39.4. The Morgan fingerprint density at radius 2 is 1.17 bits per heavy atom. The van der Waals surface area contributed by atoms with Gasteiger partial charge in [-0.1, -0.05) is 42.5 Å². The number of aromatic nitrogens is 5. The molecule has 0 atom stereocenters. The third-order valence-corrected chi connectivity index (χ3v) is 15.3. The van der Waals surface area contributed by atoms with E-state index in [9.17, 15) is 0 Å². The van der Waals surface area contributed by atoms with Gasteiger partial charge in [0.05, 0.1) is 16.6 Å². The summed E-state index contributed by atoms with van der Waals surface area (Å²) in [5.74, 6) is 1.16. The Hall–Kier alpha value is -8.31. The average molecular weight is 1110 g/mol. The van der Waals surface area contributed by atoms with Crippen LogP contribution in [0.1, 0.15) is 36.0 Å². The molecule has 348 valence electrons. The predicted octanol–water partition coefficient (Wildman–Crippen LogP) is 16.5. The zero-order valence-electron chi connectivity index (χ0n) is 42.5. The summed E-state index contributed by atoms with van der Waals surface area (Å²) < 4.78 is 42.9. The van der Waals surface area contributed by atoms with Crippen LogP contribution in [0.2, 0.25) is 0 Å². The van der Waals surface area contributed by atoms with E-state index in [-0.39, 0.29) is 16.7 Å². The van der Waals surface area contributed by atoms with Crippen LogP contribution in [0, 0.1) is 22.8 Å². The molecule has 0 unspecified atom stereocenters. The average Bonchev–Trinajstić information content (AvgIpc) is 4.31. The Morgan fingerprint density at radius 1 is 0.528 bits per heavy atom. The van der Waals surface area contributed by atoms with Gasteiger partial charge in [0.25, 0.3) is 0 Å². The molecule has 14 aromatic rings. The van der Waals surface area contributed by atoms with Crippen LogP contribution < -0.4 is 4.74 Å². The normalized spacial score (nSPS) is 13.0. The standard InChI is InChI=1S/C65H45N5O.Pt/c1-41-29-30-45(67-40-68(57-27-14-13-26-56(57)67)63-51(42-18-7-5-8-19-42)34-44(65(2,3)4)35-52(63)43-20-9-6-10-21-43)36-61(41)71-46-31-32-48-53-38-54-50-24-17-23-49-47-22-11-12-25-55(47)70(64(49)50)60(54)39-59(53)69(58(48)37-46)62-28-15-16-33-66-62;/h5-35,38-39H,1-4H3;/q-2;/i1D3;. The van der Waals surface area contributed by atoms with E-state index >= 15 is 0 Å². The van der Waals surface area contributed by atoms with Crippen LogP contribution in [-0.2, 0) is 24.8 Å². The molecule has 0 saturated heterocycles. The van der Waals surface area contributed by atoms with Crippen molar-refractivity contribution in [1.29, 1.82) is 0 Å². The monoisotopic (exact) mass is 1110 g/mol. The van der Waals surface area contributed by atoms with Gasteiger partial charge in [-0.15, -0.1) is 0 Å². The molecule has 0 spiro atoms. The van der Waals surface area contributed by atoms with E-state index in [4.69, 9.17) is 13.8 Å². The molecule has 7 heteroatoms. The van der Waals surface area contributed by atoms with Crippen LogP contribution in [0.4, 0.5) is 0 Å². The predicted molar refractivity (Wildman–Crippen MR) is 291 cm³/mol. The molecule has 0 N–H and O–H groups in total. The first-order valence-corrected chi connectivity index (χ1v) is 25.3. The fourth-order valence-electron chi connectivity index (χ4n) is 10.9. The minimum absolute atomic E-state index is 0.0420. The number of hydrogen-bond donors (Lipinski definition) is 0. The van der Waals surface area contributed by atoms with Crippen LogP contribution in [-0.4, -0.2) is 23.1 Å². The van der Waals surface area contributed by atoms with E-state index in [0.717, 1.165) is 86.8 Å². The van der Waals surface area contributed by atoms with Crippen molar-refractivity contribution in [3.05, 3.63) is 227 Å². The molecule has 14 rings (SSSR count). The molecule has 5 heterocycles. The number of nitrogens with zero attached hydrogens (tertiary/aromatic N) is 5. The Labute approximate surface area is 431 Å². The third-order valence-electron chi connectivity index (χ3n) is 14.3. The molecule has 9 aromatic carbocycles. The number of imidazole rings is 1. The summed E-state index contributed by atoms with van der Waals surface area (Å²) in [6, 6.07) is 74.3. The van der Waals surface area contributed by atoms with E-state index in [1.807, 2.05) is 42.5 Å². The van der Waals surface area contributed by atoms with Crippen molar-refractivity contribution in [3.8, 4) is 50.9 Å². The quantitative estimate of drug-likeness (QED) is 0.149. The van der Waals surface area contributed by atoms with E-state index in [1.165, 1.54) is 27.2 Å². The number of aryl methyl sites for hydroxylation is 1. The van der Waals surface area contributed by atoms with Crippen LogP contribution >= 0.6 is 0 Å². The first-order valence-electron chi connectivity index (χ1n) is 25.6. The fraction of sp³-hybridized carbons (Fsp3) is 0.0769. The minimum Gasteiger partial charge on any atom is -0.0570 e. The Morgan fingerprint density at radius 3 is 1.86 bits per heavy atom. The van der Waals surface area contributed by atoms with Gasteiger partial charge in [0, 0.05) is 27.7 Å². The van der Waals surface area contributed by atoms with Gasteiger partial charge >= 0.3 is 330 Å². The molecule has 0 amide bonds. The van der Waals surface area contributed by atoms with E-state index in [1.54, 1.807) is 12.3 Å². The molecule has 5 aromatic heterocycles. The minimum atomic E-state index is -2.52. The number of hydrogen-bond acceptors (Lipinski definition) is 2. The Bertz CT molecular complexity index is 4600. The molecular formula is C65H45N5OPt-2. The molecule has 0 bridgehead atoms. The summed E-state index contributed by atoms with van der Waals surface area (Å²) in [5.41, 5.74) is 14.2. The van der Waals surface area contributed by atoms with Gasteiger partial charge in [-0.3, -0.25) is 0 Å². The van der Waals surface area contributed by atoms with Gasteiger partial charge in [0.1, 0.15) is 0 Å². The van der Waals surface area contributed by atoms with Gasteiger partial charge in [-0.2, -0.15) is 0 Å². The molecule has 0 aliphatic heterocycles. The van der Waals surface area contributed by atoms with E-state index in [0.29, 0.717) is 11.4 Å². The number of para-hydroxylation sites is 4. The van der Waals surface area contributed by atoms with Gasteiger partial charge in [0.15, 0.2) is 0 Å². The van der Waals surface area contributed by atoms with Gasteiger partial charge in [-0.25, -0.2) is 0 Å². The number of fused-ring (bicyclic) bond motifs is 10. The number of ether oxygens (including phenoxy) is 1. The molecular weight excluding hydrogens is 1060 g/mol. The van der Waals surface area contributed by atoms with Crippen molar-refractivity contribution in [2.75, 3.05) is 0 Å².